The summed E-state index contributed by atoms with van der Waals surface area (Å²) in [5.74, 6) is 1.12. The number of ether oxygens (including phenoxy) is 2. The summed E-state index contributed by atoms with van der Waals surface area (Å²) in [5.41, 5.74) is 1.72. The lowest BCUT2D eigenvalue weighted by molar-refractivity contribution is -0.118. The van der Waals surface area contributed by atoms with E-state index >= 15 is 0 Å². The van der Waals surface area contributed by atoms with Crippen LogP contribution in [0.25, 0.3) is 0 Å². The Hall–Kier alpha value is -2.01. The van der Waals surface area contributed by atoms with Crippen molar-refractivity contribution >= 4 is 27.5 Å². The highest BCUT2D eigenvalue weighted by atomic mass is 79.9. The molecule has 0 heterocycles. The molecule has 0 unspecified atom stereocenters. The molecule has 2 rings (SSSR count). The number of amides is 1. The Morgan fingerprint density at radius 1 is 1.17 bits per heavy atom. The molecule has 0 saturated heterocycles. The number of carbonyl (C=O) groups is 1. The van der Waals surface area contributed by atoms with Crippen molar-refractivity contribution in [3.63, 3.8) is 0 Å². The monoisotopic (exact) mass is 391 g/mol. The van der Waals surface area contributed by atoms with Crippen molar-refractivity contribution in [3.05, 3.63) is 52.5 Å². The largest absolute Gasteiger partial charge is 0.491 e. The normalized spacial score (nSPS) is 10.3. The summed E-state index contributed by atoms with van der Waals surface area (Å²) < 4.78 is 12.3. The summed E-state index contributed by atoms with van der Waals surface area (Å²) in [4.78, 5) is 12.1. The number of halogens is 1. The molecular formula is C19H22BrNO3. The molecule has 0 bridgehead atoms. The van der Waals surface area contributed by atoms with E-state index in [1.807, 2.05) is 49.4 Å². The van der Waals surface area contributed by atoms with Crippen LogP contribution < -0.4 is 14.8 Å². The van der Waals surface area contributed by atoms with Crippen molar-refractivity contribution in [3.8, 4) is 11.5 Å². The first-order valence-electron chi connectivity index (χ1n) is 8.00. The minimum atomic E-state index is -0.220. The third kappa shape index (κ3) is 5.57. The molecule has 4 nitrogen and oxygen atoms in total. The summed E-state index contributed by atoms with van der Waals surface area (Å²) in [6, 6.07) is 13.0. The van der Waals surface area contributed by atoms with E-state index in [0.29, 0.717) is 23.8 Å². The molecule has 2 aromatic carbocycles. The maximum Gasteiger partial charge on any atom is 0.262 e. The first-order chi connectivity index (χ1) is 11.6. The number of hydrogen-bond acceptors (Lipinski definition) is 3. The lowest BCUT2D eigenvalue weighted by Crippen LogP contribution is -2.20. The number of aryl methyl sites for hydroxylation is 1. The molecule has 0 aliphatic carbocycles. The Morgan fingerprint density at radius 2 is 1.96 bits per heavy atom. The molecule has 0 radical (unpaired) electrons. The SMILES string of the molecule is CCCCOc1ccccc1NC(=O)COc1ccc(Br)c(C)c1. The van der Waals surface area contributed by atoms with Crippen LogP contribution >= 0.6 is 15.9 Å². The Labute approximate surface area is 151 Å². The van der Waals surface area contributed by atoms with Crippen LogP contribution in [0.1, 0.15) is 25.3 Å². The first-order valence-corrected chi connectivity index (χ1v) is 8.80. The molecule has 128 valence electrons. The molecule has 1 N–H and O–H groups in total. The topological polar surface area (TPSA) is 47.6 Å². The standard InChI is InChI=1S/C19H22BrNO3/c1-3-4-11-23-18-8-6-5-7-17(18)21-19(22)13-24-15-9-10-16(20)14(2)12-15/h5-10,12H,3-4,11,13H2,1-2H3,(H,21,22). The van der Waals surface area contributed by atoms with Gasteiger partial charge in [-0.15, -0.1) is 0 Å². The number of hydrogen-bond donors (Lipinski definition) is 1. The van der Waals surface area contributed by atoms with Gasteiger partial charge in [-0.05, 0) is 49.2 Å². The van der Waals surface area contributed by atoms with Crippen LogP contribution in [0.5, 0.6) is 11.5 Å². The second-order valence-electron chi connectivity index (χ2n) is 5.45. The van der Waals surface area contributed by atoms with E-state index in [1.54, 1.807) is 0 Å². The molecule has 0 aliphatic heterocycles. The highest BCUT2D eigenvalue weighted by molar-refractivity contribution is 9.10. The van der Waals surface area contributed by atoms with Gasteiger partial charge in [0.2, 0.25) is 0 Å². The van der Waals surface area contributed by atoms with Gasteiger partial charge in [0.05, 0.1) is 12.3 Å². The molecule has 0 fully saturated rings. The fraction of sp³-hybridized carbons (Fsp3) is 0.316. The van der Waals surface area contributed by atoms with Crippen LogP contribution in [0.2, 0.25) is 0 Å². The zero-order valence-electron chi connectivity index (χ0n) is 14.0. The highest BCUT2D eigenvalue weighted by Crippen LogP contribution is 2.24. The van der Waals surface area contributed by atoms with Gasteiger partial charge in [-0.2, -0.15) is 0 Å². The van der Waals surface area contributed by atoms with Gasteiger partial charge in [-0.3, -0.25) is 4.79 Å². The quantitative estimate of drug-likeness (QED) is 0.647. The summed E-state index contributed by atoms with van der Waals surface area (Å²) in [6.07, 6.45) is 2.04. The van der Waals surface area contributed by atoms with Crippen molar-refractivity contribution in [2.45, 2.75) is 26.7 Å². The maximum atomic E-state index is 12.1. The maximum absolute atomic E-state index is 12.1. The van der Waals surface area contributed by atoms with Gasteiger partial charge >= 0.3 is 0 Å². The van der Waals surface area contributed by atoms with Crippen LogP contribution in [0.15, 0.2) is 46.9 Å². The molecule has 0 aromatic heterocycles. The van der Waals surface area contributed by atoms with Gasteiger partial charge in [0.1, 0.15) is 11.5 Å². The number of rotatable bonds is 8. The minimum Gasteiger partial charge on any atom is -0.491 e. The number of benzene rings is 2. The summed E-state index contributed by atoms with van der Waals surface area (Å²) >= 11 is 3.44. The zero-order valence-corrected chi connectivity index (χ0v) is 15.6. The molecular weight excluding hydrogens is 370 g/mol. The lowest BCUT2D eigenvalue weighted by atomic mass is 10.2. The average molecular weight is 392 g/mol. The lowest BCUT2D eigenvalue weighted by Gasteiger charge is -2.13. The van der Waals surface area contributed by atoms with Crippen LogP contribution in [-0.4, -0.2) is 19.1 Å². The van der Waals surface area contributed by atoms with E-state index in [0.717, 1.165) is 22.9 Å². The molecule has 2 aromatic rings. The van der Waals surface area contributed by atoms with E-state index in [2.05, 4.69) is 28.2 Å². The van der Waals surface area contributed by atoms with E-state index in [-0.39, 0.29) is 12.5 Å². The fourth-order valence-corrected chi connectivity index (χ4v) is 2.31. The number of para-hydroxylation sites is 2. The summed E-state index contributed by atoms with van der Waals surface area (Å²) in [7, 11) is 0. The van der Waals surface area contributed by atoms with Crippen molar-refractivity contribution in [1.82, 2.24) is 0 Å². The number of nitrogens with one attached hydrogen (secondary N) is 1. The highest BCUT2D eigenvalue weighted by Gasteiger charge is 2.09. The molecule has 5 heteroatoms. The predicted octanol–water partition coefficient (Wildman–Crippen LogP) is 4.95. The average Bonchev–Trinajstić information content (AvgIpc) is 2.58. The van der Waals surface area contributed by atoms with Gasteiger partial charge in [-0.25, -0.2) is 0 Å². The summed E-state index contributed by atoms with van der Waals surface area (Å²) in [5, 5.41) is 2.84. The molecule has 1 amide bonds. The molecule has 0 spiro atoms. The van der Waals surface area contributed by atoms with Gasteiger partial charge in [0, 0.05) is 4.47 Å². The third-order valence-electron chi connectivity index (χ3n) is 3.42. The number of anilines is 1. The number of unbranched alkanes of at least 4 members (excludes halogenated alkanes) is 1. The summed E-state index contributed by atoms with van der Waals surface area (Å²) in [6.45, 7) is 4.67. The minimum absolute atomic E-state index is 0.0512. The molecule has 0 atom stereocenters. The van der Waals surface area contributed by atoms with Gasteiger partial charge in [0.25, 0.3) is 5.91 Å². The predicted molar refractivity (Wildman–Crippen MR) is 99.8 cm³/mol. The number of carbonyl (C=O) groups excluding carboxylic acids is 1. The molecule has 0 aliphatic rings. The van der Waals surface area contributed by atoms with Gasteiger partial charge in [0.15, 0.2) is 6.61 Å². The zero-order chi connectivity index (χ0) is 17.4. The van der Waals surface area contributed by atoms with Crippen molar-refractivity contribution < 1.29 is 14.3 Å². The second kappa shape index (κ2) is 9.33. The Kier molecular flexibility index (Phi) is 7.12. The van der Waals surface area contributed by atoms with Crippen LogP contribution in [0, 0.1) is 6.92 Å². The Morgan fingerprint density at radius 3 is 2.71 bits per heavy atom. The molecule has 0 saturated carbocycles. The van der Waals surface area contributed by atoms with E-state index in [9.17, 15) is 4.79 Å². The van der Waals surface area contributed by atoms with Crippen LogP contribution in [0.3, 0.4) is 0 Å². The van der Waals surface area contributed by atoms with E-state index < -0.39 is 0 Å². The van der Waals surface area contributed by atoms with E-state index in [1.165, 1.54) is 0 Å². The van der Waals surface area contributed by atoms with Gasteiger partial charge in [-0.1, -0.05) is 41.4 Å². The van der Waals surface area contributed by atoms with Crippen molar-refractivity contribution in [2.75, 3.05) is 18.5 Å². The van der Waals surface area contributed by atoms with Gasteiger partial charge < -0.3 is 14.8 Å². The smallest absolute Gasteiger partial charge is 0.262 e. The Balaban J connectivity index is 1.91. The second-order valence-corrected chi connectivity index (χ2v) is 6.30. The van der Waals surface area contributed by atoms with Crippen LogP contribution in [-0.2, 0) is 4.79 Å². The van der Waals surface area contributed by atoms with E-state index in [4.69, 9.17) is 9.47 Å². The van der Waals surface area contributed by atoms with Crippen LogP contribution in [0.4, 0.5) is 5.69 Å². The third-order valence-corrected chi connectivity index (χ3v) is 4.31. The fourth-order valence-electron chi connectivity index (χ4n) is 2.06. The first kappa shape index (κ1) is 18.3. The molecule has 24 heavy (non-hydrogen) atoms. The Bertz CT molecular complexity index is 688. The van der Waals surface area contributed by atoms with Crippen molar-refractivity contribution in [2.24, 2.45) is 0 Å². The van der Waals surface area contributed by atoms with Crippen molar-refractivity contribution in [1.29, 1.82) is 0 Å².